The SMILES string of the molecule is Cc1ccc(C(=O)Cc2ccc(C(C)(C)C)cc2)c(Cl)c1. The monoisotopic (exact) mass is 300 g/mol. The minimum Gasteiger partial charge on any atom is -0.294 e. The van der Waals surface area contributed by atoms with Gasteiger partial charge in [-0.25, -0.2) is 0 Å². The van der Waals surface area contributed by atoms with E-state index in [-0.39, 0.29) is 11.2 Å². The van der Waals surface area contributed by atoms with Crippen molar-refractivity contribution in [3.8, 4) is 0 Å². The van der Waals surface area contributed by atoms with Gasteiger partial charge in [-0.2, -0.15) is 0 Å². The summed E-state index contributed by atoms with van der Waals surface area (Å²) in [6, 6.07) is 13.8. The van der Waals surface area contributed by atoms with Crippen molar-refractivity contribution in [1.29, 1.82) is 0 Å². The molecular weight excluding hydrogens is 280 g/mol. The van der Waals surface area contributed by atoms with Crippen LogP contribution >= 0.6 is 11.6 Å². The quantitative estimate of drug-likeness (QED) is 0.696. The maximum atomic E-state index is 12.3. The van der Waals surface area contributed by atoms with E-state index in [9.17, 15) is 4.79 Å². The zero-order chi connectivity index (χ0) is 15.6. The van der Waals surface area contributed by atoms with Crippen LogP contribution in [0.25, 0.3) is 0 Å². The van der Waals surface area contributed by atoms with Crippen LogP contribution in [0.2, 0.25) is 5.02 Å². The van der Waals surface area contributed by atoms with Crippen molar-refractivity contribution in [1.82, 2.24) is 0 Å². The molecule has 2 aromatic carbocycles. The predicted molar refractivity (Wildman–Crippen MR) is 89.4 cm³/mol. The van der Waals surface area contributed by atoms with Gasteiger partial charge in [-0.3, -0.25) is 4.79 Å². The average Bonchev–Trinajstić information content (AvgIpc) is 2.38. The van der Waals surface area contributed by atoms with Crippen LogP contribution in [0, 0.1) is 6.92 Å². The molecular formula is C19H21ClO. The molecule has 0 saturated heterocycles. The lowest BCUT2D eigenvalue weighted by atomic mass is 9.86. The minimum absolute atomic E-state index is 0.0588. The fourth-order valence-electron chi connectivity index (χ4n) is 2.25. The Labute approximate surface area is 132 Å². The summed E-state index contributed by atoms with van der Waals surface area (Å²) < 4.78 is 0. The van der Waals surface area contributed by atoms with Gasteiger partial charge in [0, 0.05) is 12.0 Å². The Morgan fingerprint density at radius 3 is 2.19 bits per heavy atom. The summed E-state index contributed by atoms with van der Waals surface area (Å²) in [5, 5.41) is 0.534. The van der Waals surface area contributed by atoms with Crippen molar-refractivity contribution in [2.45, 2.75) is 39.5 Å². The molecule has 21 heavy (non-hydrogen) atoms. The molecule has 0 amide bonds. The highest BCUT2D eigenvalue weighted by molar-refractivity contribution is 6.34. The van der Waals surface area contributed by atoms with Crippen molar-refractivity contribution < 1.29 is 4.79 Å². The number of carbonyl (C=O) groups excluding carboxylic acids is 1. The molecule has 0 atom stereocenters. The van der Waals surface area contributed by atoms with Crippen LogP contribution in [0.4, 0.5) is 0 Å². The van der Waals surface area contributed by atoms with E-state index >= 15 is 0 Å². The van der Waals surface area contributed by atoms with E-state index in [0.717, 1.165) is 11.1 Å². The van der Waals surface area contributed by atoms with E-state index in [1.807, 2.05) is 37.3 Å². The lowest BCUT2D eigenvalue weighted by Gasteiger charge is -2.19. The summed E-state index contributed by atoms with van der Waals surface area (Å²) in [5.74, 6) is 0.0588. The smallest absolute Gasteiger partial charge is 0.168 e. The number of hydrogen-bond donors (Lipinski definition) is 0. The molecule has 2 rings (SSSR count). The summed E-state index contributed by atoms with van der Waals surface area (Å²) in [7, 11) is 0. The molecule has 0 aliphatic carbocycles. The van der Waals surface area contributed by atoms with Gasteiger partial charge in [0.15, 0.2) is 5.78 Å². The van der Waals surface area contributed by atoms with Crippen molar-refractivity contribution in [2.75, 3.05) is 0 Å². The van der Waals surface area contributed by atoms with Crippen LogP contribution in [0.15, 0.2) is 42.5 Å². The van der Waals surface area contributed by atoms with Crippen molar-refractivity contribution in [3.05, 3.63) is 69.7 Å². The Hall–Kier alpha value is -1.60. The van der Waals surface area contributed by atoms with Crippen LogP contribution in [0.3, 0.4) is 0 Å². The zero-order valence-electron chi connectivity index (χ0n) is 13.0. The highest BCUT2D eigenvalue weighted by Crippen LogP contribution is 2.23. The first-order valence-corrected chi connectivity index (χ1v) is 7.54. The van der Waals surface area contributed by atoms with Crippen LogP contribution in [0.1, 0.15) is 47.8 Å². The number of halogens is 1. The van der Waals surface area contributed by atoms with E-state index in [2.05, 4.69) is 32.9 Å². The van der Waals surface area contributed by atoms with Gasteiger partial charge >= 0.3 is 0 Å². The molecule has 0 heterocycles. The molecule has 2 aromatic rings. The molecule has 1 nitrogen and oxygen atoms in total. The van der Waals surface area contributed by atoms with E-state index in [4.69, 9.17) is 11.6 Å². The number of carbonyl (C=O) groups is 1. The van der Waals surface area contributed by atoms with E-state index in [1.54, 1.807) is 0 Å². The van der Waals surface area contributed by atoms with Gasteiger partial charge in [0.25, 0.3) is 0 Å². The third-order valence-corrected chi connectivity index (χ3v) is 3.92. The molecule has 0 radical (unpaired) electrons. The molecule has 0 fully saturated rings. The van der Waals surface area contributed by atoms with E-state index < -0.39 is 0 Å². The summed E-state index contributed by atoms with van der Waals surface area (Å²) in [5.41, 5.74) is 4.08. The maximum Gasteiger partial charge on any atom is 0.168 e. The Morgan fingerprint density at radius 2 is 1.67 bits per heavy atom. The summed E-state index contributed by atoms with van der Waals surface area (Å²) >= 11 is 6.15. The lowest BCUT2D eigenvalue weighted by molar-refractivity contribution is 0.0993. The number of benzene rings is 2. The molecule has 0 aliphatic heterocycles. The molecule has 0 N–H and O–H groups in total. The van der Waals surface area contributed by atoms with Gasteiger partial charge in [0.05, 0.1) is 5.02 Å². The Bertz CT molecular complexity index is 648. The van der Waals surface area contributed by atoms with Gasteiger partial charge in [0.2, 0.25) is 0 Å². The first-order chi connectivity index (χ1) is 9.77. The number of rotatable bonds is 3. The largest absolute Gasteiger partial charge is 0.294 e. The van der Waals surface area contributed by atoms with E-state index in [0.29, 0.717) is 17.0 Å². The van der Waals surface area contributed by atoms with Gasteiger partial charge in [-0.15, -0.1) is 0 Å². The third-order valence-electron chi connectivity index (χ3n) is 3.61. The van der Waals surface area contributed by atoms with Gasteiger partial charge in [0.1, 0.15) is 0 Å². The minimum atomic E-state index is 0.0588. The molecule has 0 saturated carbocycles. The molecule has 2 heteroatoms. The van der Waals surface area contributed by atoms with Crippen molar-refractivity contribution >= 4 is 17.4 Å². The normalized spacial score (nSPS) is 11.5. The number of hydrogen-bond acceptors (Lipinski definition) is 1. The van der Waals surface area contributed by atoms with Gasteiger partial charge in [-0.05, 0) is 41.2 Å². The molecule has 0 aliphatic rings. The highest BCUT2D eigenvalue weighted by atomic mass is 35.5. The average molecular weight is 301 g/mol. The van der Waals surface area contributed by atoms with Crippen LogP contribution in [0.5, 0.6) is 0 Å². The summed E-state index contributed by atoms with van der Waals surface area (Å²) in [4.78, 5) is 12.3. The first kappa shape index (κ1) is 15.8. The Kier molecular flexibility index (Phi) is 4.53. The summed E-state index contributed by atoms with van der Waals surface area (Å²) in [6.45, 7) is 8.50. The second kappa shape index (κ2) is 6.03. The van der Waals surface area contributed by atoms with Crippen LogP contribution < -0.4 is 0 Å². The van der Waals surface area contributed by atoms with Gasteiger partial charge < -0.3 is 0 Å². The number of ketones is 1. The standard InChI is InChI=1S/C19H21ClO/c1-13-5-10-16(17(20)11-13)18(21)12-14-6-8-15(9-7-14)19(2,3)4/h5-11H,12H2,1-4H3. The van der Waals surface area contributed by atoms with Crippen LogP contribution in [-0.2, 0) is 11.8 Å². The van der Waals surface area contributed by atoms with Gasteiger partial charge in [-0.1, -0.05) is 62.7 Å². The summed E-state index contributed by atoms with van der Waals surface area (Å²) in [6.07, 6.45) is 0.382. The fourth-order valence-corrected chi connectivity index (χ4v) is 2.59. The third kappa shape index (κ3) is 3.95. The first-order valence-electron chi connectivity index (χ1n) is 7.16. The fraction of sp³-hybridized carbons (Fsp3) is 0.316. The number of aryl methyl sites for hydroxylation is 1. The van der Waals surface area contributed by atoms with Crippen molar-refractivity contribution in [3.63, 3.8) is 0 Å². The molecule has 0 spiro atoms. The lowest BCUT2D eigenvalue weighted by Crippen LogP contribution is -2.11. The Balaban J connectivity index is 2.16. The maximum absolute atomic E-state index is 12.3. The topological polar surface area (TPSA) is 17.1 Å². The zero-order valence-corrected chi connectivity index (χ0v) is 13.8. The Morgan fingerprint density at radius 1 is 1.05 bits per heavy atom. The van der Waals surface area contributed by atoms with Crippen molar-refractivity contribution in [2.24, 2.45) is 0 Å². The number of Topliss-reactive ketones (excluding diaryl/α,β-unsaturated/α-hetero) is 1. The molecule has 110 valence electrons. The molecule has 0 aromatic heterocycles. The second-order valence-corrected chi connectivity index (χ2v) is 6.94. The second-order valence-electron chi connectivity index (χ2n) is 6.53. The van der Waals surface area contributed by atoms with Crippen LogP contribution in [-0.4, -0.2) is 5.78 Å². The predicted octanol–water partition coefficient (Wildman–Crippen LogP) is 5.37. The molecule has 0 bridgehead atoms. The van der Waals surface area contributed by atoms with E-state index in [1.165, 1.54) is 5.56 Å². The highest BCUT2D eigenvalue weighted by Gasteiger charge is 2.14. The molecule has 0 unspecified atom stereocenters.